The molecule has 1 fully saturated rings. The number of carbonyl (C=O) groups is 1. The number of methoxy groups -OCH3 is 1. The molecule has 0 N–H and O–H groups in total. The minimum Gasteiger partial charge on any atom is -0.493 e. The van der Waals surface area contributed by atoms with Crippen LogP contribution in [0.5, 0.6) is 5.75 Å². The van der Waals surface area contributed by atoms with Gasteiger partial charge in [0.05, 0.1) is 7.11 Å². The zero-order valence-electron chi connectivity index (χ0n) is 15.0. The normalized spacial score (nSPS) is 17.7. The fourth-order valence-electron chi connectivity index (χ4n) is 3.42. The average molecular weight is 402 g/mol. The number of carbonyl (C=O) groups excluding carboxylic acids is 1. The van der Waals surface area contributed by atoms with E-state index in [1.807, 2.05) is 53.1 Å². The van der Waals surface area contributed by atoms with Gasteiger partial charge in [0, 0.05) is 34.5 Å². The Kier molecular flexibility index (Phi) is 5.32. The van der Waals surface area contributed by atoms with E-state index in [-0.39, 0.29) is 5.91 Å². The van der Waals surface area contributed by atoms with Crippen molar-refractivity contribution in [1.82, 2.24) is 4.90 Å². The molecule has 1 amide bonds. The Balaban J connectivity index is 1.52. The molecule has 4 rings (SSSR count). The Morgan fingerprint density at radius 1 is 1.22 bits per heavy atom. The number of furan rings is 1. The lowest BCUT2D eigenvalue weighted by Gasteiger charge is -2.19. The number of nitrogens with zero attached hydrogens (tertiary/aromatic N) is 1. The van der Waals surface area contributed by atoms with E-state index in [2.05, 4.69) is 6.07 Å². The number of benzene rings is 2. The zero-order valence-corrected chi connectivity index (χ0v) is 16.6. The summed E-state index contributed by atoms with van der Waals surface area (Å²) in [4.78, 5) is 14.9. The van der Waals surface area contributed by atoms with Gasteiger partial charge in [0.1, 0.15) is 0 Å². The second-order valence-corrected chi connectivity index (χ2v) is 8.17. The molecule has 27 heavy (non-hydrogen) atoms. The fraction of sp³-hybridized carbons (Fsp3) is 0.286. The molecular weight excluding hydrogens is 382 g/mol. The molecule has 3 aromatic rings. The molecule has 2 heterocycles. The van der Waals surface area contributed by atoms with Crippen molar-refractivity contribution >= 4 is 40.2 Å². The van der Waals surface area contributed by atoms with Crippen LogP contribution in [0.3, 0.4) is 0 Å². The molecule has 0 unspecified atom stereocenters. The molecule has 0 radical (unpaired) electrons. The number of halogens is 1. The van der Waals surface area contributed by atoms with Gasteiger partial charge in [-0.3, -0.25) is 4.79 Å². The van der Waals surface area contributed by atoms with Gasteiger partial charge in [0.2, 0.25) is 0 Å². The first-order valence-corrected chi connectivity index (χ1v) is 10.3. The minimum absolute atomic E-state index is 0.0753. The highest BCUT2D eigenvalue weighted by molar-refractivity contribution is 7.99. The summed E-state index contributed by atoms with van der Waals surface area (Å²) in [6.07, 6.45) is 0.865. The maximum Gasteiger partial charge on any atom is 0.289 e. The Bertz CT molecular complexity index is 971. The van der Waals surface area contributed by atoms with E-state index in [1.54, 1.807) is 13.2 Å². The summed E-state index contributed by atoms with van der Waals surface area (Å²) in [5.74, 6) is 1.78. The highest BCUT2D eigenvalue weighted by Gasteiger charge is 2.26. The summed E-state index contributed by atoms with van der Waals surface area (Å²) in [5.41, 5.74) is 1.76. The number of thioether (sulfide) groups is 1. The van der Waals surface area contributed by atoms with Crippen LogP contribution in [0.25, 0.3) is 11.0 Å². The lowest BCUT2D eigenvalue weighted by Crippen LogP contribution is -2.32. The third-order valence-corrected chi connectivity index (χ3v) is 6.47. The molecule has 1 aliphatic heterocycles. The molecule has 4 nitrogen and oxygen atoms in total. The van der Waals surface area contributed by atoms with E-state index < -0.39 is 0 Å². The van der Waals surface area contributed by atoms with Crippen molar-refractivity contribution < 1.29 is 13.9 Å². The van der Waals surface area contributed by atoms with Crippen LogP contribution in [-0.4, -0.2) is 36.8 Å². The average Bonchev–Trinajstić information content (AvgIpc) is 2.98. The lowest BCUT2D eigenvalue weighted by atomic mass is 10.1. The van der Waals surface area contributed by atoms with Crippen LogP contribution >= 0.6 is 23.4 Å². The van der Waals surface area contributed by atoms with Crippen LogP contribution in [0, 0.1) is 0 Å². The predicted molar refractivity (Wildman–Crippen MR) is 110 cm³/mol. The van der Waals surface area contributed by atoms with Gasteiger partial charge in [-0.15, -0.1) is 0 Å². The molecule has 0 saturated carbocycles. The molecular formula is C21H20ClNO3S. The van der Waals surface area contributed by atoms with E-state index in [9.17, 15) is 4.79 Å². The molecule has 140 valence electrons. The van der Waals surface area contributed by atoms with Crippen LogP contribution < -0.4 is 4.74 Å². The molecule has 0 spiro atoms. The van der Waals surface area contributed by atoms with E-state index >= 15 is 0 Å². The van der Waals surface area contributed by atoms with Crippen molar-refractivity contribution in [2.45, 2.75) is 11.7 Å². The third kappa shape index (κ3) is 3.66. The zero-order chi connectivity index (χ0) is 18.8. The molecule has 1 aliphatic rings. The molecule has 0 aliphatic carbocycles. The van der Waals surface area contributed by atoms with Gasteiger partial charge in [-0.05, 0) is 30.2 Å². The van der Waals surface area contributed by atoms with Crippen LogP contribution in [0.2, 0.25) is 5.02 Å². The topological polar surface area (TPSA) is 42.7 Å². The summed E-state index contributed by atoms with van der Waals surface area (Å²) in [5, 5.41) is 1.96. The van der Waals surface area contributed by atoms with Gasteiger partial charge < -0.3 is 14.1 Å². The first-order chi connectivity index (χ1) is 13.2. The second kappa shape index (κ2) is 7.87. The first-order valence-electron chi connectivity index (χ1n) is 8.89. The van der Waals surface area contributed by atoms with Gasteiger partial charge in [0.25, 0.3) is 5.91 Å². The van der Waals surface area contributed by atoms with Gasteiger partial charge in [-0.1, -0.05) is 41.9 Å². The van der Waals surface area contributed by atoms with Crippen molar-refractivity contribution in [3.05, 3.63) is 64.9 Å². The minimum atomic E-state index is -0.0753. The van der Waals surface area contributed by atoms with Gasteiger partial charge in [0.15, 0.2) is 17.1 Å². The fourth-order valence-corrected chi connectivity index (χ4v) is 5.02. The Labute approximate surface area is 167 Å². The maximum atomic E-state index is 13.0. The number of hydrogen-bond donors (Lipinski definition) is 0. The Morgan fingerprint density at radius 3 is 2.89 bits per heavy atom. The van der Waals surface area contributed by atoms with Gasteiger partial charge in [-0.25, -0.2) is 0 Å². The van der Waals surface area contributed by atoms with Gasteiger partial charge >= 0.3 is 0 Å². The second-order valence-electron chi connectivity index (χ2n) is 6.45. The SMILES string of the molecule is COc1cccc2cc(C(=O)N3CCS[C@@H](c4ccccc4Cl)CC3)oc12. The predicted octanol–water partition coefficient (Wildman–Crippen LogP) is 5.42. The largest absolute Gasteiger partial charge is 0.493 e. The summed E-state index contributed by atoms with van der Waals surface area (Å²) >= 11 is 8.21. The van der Waals surface area contributed by atoms with Crippen molar-refractivity contribution in [3.8, 4) is 5.75 Å². The summed E-state index contributed by atoms with van der Waals surface area (Å²) in [6, 6.07) is 15.4. The monoisotopic (exact) mass is 401 g/mol. The number of hydrogen-bond acceptors (Lipinski definition) is 4. The Morgan fingerprint density at radius 2 is 2.07 bits per heavy atom. The van der Waals surface area contributed by atoms with E-state index in [1.165, 1.54) is 0 Å². The molecule has 2 aromatic carbocycles. The molecule has 1 aromatic heterocycles. The van der Waals surface area contributed by atoms with Crippen molar-refractivity contribution in [3.63, 3.8) is 0 Å². The number of amides is 1. The van der Waals surface area contributed by atoms with E-state index in [0.717, 1.165) is 28.1 Å². The molecule has 0 bridgehead atoms. The molecule has 1 atom stereocenters. The molecule has 1 saturated heterocycles. The highest BCUT2D eigenvalue weighted by Crippen LogP contribution is 2.38. The maximum absolute atomic E-state index is 13.0. The van der Waals surface area contributed by atoms with Crippen molar-refractivity contribution in [2.24, 2.45) is 0 Å². The van der Waals surface area contributed by atoms with Crippen LogP contribution in [0.1, 0.15) is 27.8 Å². The lowest BCUT2D eigenvalue weighted by molar-refractivity contribution is 0.0737. The quantitative estimate of drug-likeness (QED) is 0.588. The van der Waals surface area contributed by atoms with E-state index in [4.69, 9.17) is 20.8 Å². The van der Waals surface area contributed by atoms with E-state index in [0.29, 0.717) is 35.4 Å². The van der Waals surface area contributed by atoms with Crippen LogP contribution in [0.4, 0.5) is 0 Å². The summed E-state index contributed by atoms with van der Waals surface area (Å²) in [7, 11) is 1.60. The Hall–Kier alpha value is -2.11. The first kappa shape index (κ1) is 18.3. The number of rotatable bonds is 3. The standard InChI is InChI=1S/C21H20ClNO3S/c1-25-17-8-4-5-14-13-18(26-20(14)17)21(24)23-10-9-19(27-12-11-23)15-6-2-3-7-16(15)22/h2-8,13,19H,9-12H2,1H3/t19-/m1/s1. The van der Waals surface area contributed by atoms with Crippen LogP contribution in [-0.2, 0) is 0 Å². The van der Waals surface area contributed by atoms with Gasteiger partial charge in [-0.2, -0.15) is 11.8 Å². The summed E-state index contributed by atoms with van der Waals surface area (Å²) in [6.45, 7) is 1.37. The number of ether oxygens (including phenoxy) is 1. The van der Waals surface area contributed by atoms with Crippen molar-refractivity contribution in [2.75, 3.05) is 26.0 Å². The van der Waals surface area contributed by atoms with Crippen LogP contribution in [0.15, 0.2) is 52.9 Å². The third-order valence-electron chi connectivity index (χ3n) is 4.82. The van der Waals surface area contributed by atoms with Crippen molar-refractivity contribution in [1.29, 1.82) is 0 Å². The molecule has 6 heteroatoms. The summed E-state index contributed by atoms with van der Waals surface area (Å²) < 4.78 is 11.2. The number of para-hydroxylation sites is 1. The number of fused-ring (bicyclic) bond motifs is 1. The smallest absolute Gasteiger partial charge is 0.289 e. The highest BCUT2D eigenvalue weighted by atomic mass is 35.5.